The minimum Gasteiger partial charge on any atom is -0.462 e. The van der Waals surface area contributed by atoms with Crippen LogP contribution >= 0.6 is 0 Å². The van der Waals surface area contributed by atoms with Gasteiger partial charge in [0.2, 0.25) is 0 Å². The number of aryl methyl sites for hydroxylation is 2. The molecule has 9 heteroatoms. The summed E-state index contributed by atoms with van der Waals surface area (Å²) in [6, 6.07) is 7.24. The summed E-state index contributed by atoms with van der Waals surface area (Å²) in [6.45, 7) is 5.24. The monoisotopic (exact) mass is 359 g/mol. The van der Waals surface area contributed by atoms with E-state index in [0.29, 0.717) is 5.69 Å². The second-order valence-electron chi connectivity index (χ2n) is 5.57. The highest BCUT2D eigenvalue weighted by Crippen LogP contribution is 2.36. The minimum atomic E-state index is -0.882. The van der Waals surface area contributed by atoms with Crippen LogP contribution in [0.5, 0.6) is 0 Å². The first-order chi connectivity index (χ1) is 12.2. The molecular weight excluding hydrogens is 342 g/mol. The largest absolute Gasteiger partial charge is 0.462 e. The second-order valence-corrected chi connectivity index (χ2v) is 5.57. The molecule has 0 fully saturated rings. The Labute approximate surface area is 148 Å². The second kappa shape index (κ2) is 7.60. The van der Waals surface area contributed by atoms with Gasteiger partial charge in [0.1, 0.15) is 5.69 Å². The molecule has 2 aromatic carbocycles. The fraction of sp³-hybridized carbons (Fsp3) is 0.235. The predicted octanol–water partition coefficient (Wildman–Crippen LogP) is 4.04. The van der Waals surface area contributed by atoms with Crippen molar-refractivity contribution in [2.24, 2.45) is 0 Å². The van der Waals surface area contributed by atoms with Gasteiger partial charge in [0, 0.05) is 11.8 Å². The number of hydrogen-bond donors (Lipinski definition) is 1. The zero-order chi connectivity index (χ0) is 19.4. The van der Waals surface area contributed by atoms with Crippen LogP contribution in [0, 0.1) is 34.1 Å². The highest BCUT2D eigenvalue weighted by molar-refractivity contribution is 6.00. The number of carbonyl (C=O) groups is 1. The number of esters is 1. The normalized spacial score (nSPS) is 10.3. The molecule has 136 valence electrons. The third-order valence-corrected chi connectivity index (χ3v) is 3.66. The highest BCUT2D eigenvalue weighted by Gasteiger charge is 2.28. The number of nitro benzene ring substituents is 2. The van der Waals surface area contributed by atoms with Crippen molar-refractivity contribution in [1.82, 2.24) is 0 Å². The van der Waals surface area contributed by atoms with E-state index in [9.17, 15) is 25.0 Å². The number of nitrogens with zero attached hydrogens (tertiary/aromatic N) is 2. The number of hydrogen-bond acceptors (Lipinski definition) is 7. The summed E-state index contributed by atoms with van der Waals surface area (Å²) in [5.74, 6) is -0.882. The van der Waals surface area contributed by atoms with Crippen LogP contribution in [0.4, 0.5) is 22.7 Å². The van der Waals surface area contributed by atoms with Gasteiger partial charge in [-0.2, -0.15) is 0 Å². The molecule has 2 aromatic rings. The van der Waals surface area contributed by atoms with Gasteiger partial charge in [0.25, 0.3) is 11.4 Å². The Hall–Kier alpha value is -3.49. The van der Waals surface area contributed by atoms with Crippen molar-refractivity contribution >= 4 is 28.7 Å². The molecule has 0 spiro atoms. The molecule has 0 unspecified atom stereocenters. The predicted molar refractivity (Wildman–Crippen MR) is 94.9 cm³/mol. The fourth-order valence-corrected chi connectivity index (χ4v) is 2.37. The Morgan fingerprint density at radius 1 is 1.12 bits per heavy atom. The summed E-state index contributed by atoms with van der Waals surface area (Å²) >= 11 is 0. The molecule has 0 saturated carbocycles. The molecule has 2 rings (SSSR count). The quantitative estimate of drug-likeness (QED) is 0.469. The van der Waals surface area contributed by atoms with Crippen LogP contribution in [0.2, 0.25) is 0 Å². The van der Waals surface area contributed by atoms with Crippen molar-refractivity contribution in [2.45, 2.75) is 20.8 Å². The van der Waals surface area contributed by atoms with E-state index in [1.165, 1.54) is 0 Å². The Bertz CT molecular complexity index is 894. The lowest BCUT2D eigenvalue weighted by atomic mass is 10.1. The van der Waals surface area contributed by atoms with Crippen LogP contribution in [0.3, 0.4) is 0 Å². The number of anilines is 2. The summed E-state index contributed by atoms with van der Waals surface area (Å²) in [7, 11) is 0. The van der Waals surface area contributed by atoms with Gasteiger partial charge in [0.05, 0.1) is 28.1 Å². The summed E-state index contributed by atoms with van der Waals surface area (Å²) in [5, 5.41) is 25.4. The van der Waals surface area contributed by atoms with Crippen molar-refractivity contribution < 1.29 is 19.4 Å². The summed E-state index contributed by atoms with van der Waals surface area (Å²) in [4.78, 5) is 33.2. The van der Waals surface area contributed by atoms with Gasteiger partial charge in [-0.1, -0.05) is 12.1 Å². The molecule has 0 aliphatic heterocycles. The van der Waals surface area contributed by atoms with E-state index >= 15 is 0 Å². The minimum absolute atomic E-state index is 0.0260. The van der Waals surface area contributed by atoms with Crippen LogP contribution in [-0.4, -0.2) is 22.4 Å². The molecule has 9 nitrogen and oxygen atoms in total. The molecule has 26 heavy (non-hydrogen) atoms. The highest BCUT2D eigenvalue weighted by atomic mass is 16.6. The Morgan fingerprint density at radius 3 is 2.38 bits per heavy atom. The molecule has 0 aromatic heterocycles. The van der Waals surface area contributed by atoms with Crippen LogP contribution in [0.1, 0.15) is 28.4 Å². The number of carbonyl (C=O) groups excluding carboxylic acids is 1. The average Bonchev–Trinajstić information content (AvgIpc) is 2.57. The van der Waals surface area contributed by atoms with Gasteiger partial charge in [0.15, 0.2) is 0 Å². The Kier molecular flexibility index (Phi) is 5.51. The van der Waals surface area contributed by atoms with E-state index in [0.717, 1.165) is 23.3 Å². The van der Waals surface area contributed by atoms with E-state index in [1.54, 1.807) is 19.9 Å². The maximum atomic E-state index is 12.2. The zero-order valence-electron chi connectivity index (χ0n) is 14.4. The number of nitro groups is 2. The SMILES string of the molecule is CCOC(=O)c1cc([N+](=O)[O-])cc([N+](=O)[O-])c1Nc1cc(C)ccc1C. The number of rotatable bonds is 6. The number of ether oxygens (including phenoxy) is 1. The van der Waals surface area contributed by atoms with Crippen molar-refractivity contribution in [3.63, 3.8) is 0 Å². The first-order valence-electron chi connectivity index (χ1n) is 7.72. The maximum Gasteiger partial charge on any atom is 0.340 e. The molecule has 0 aliphatic rings. The van der Waals surface area contributed by atoms with Gasteiger partial charge in [-0.05, 0) is 38.0 Å². The van der Waals surface area contributed by atoms with Crippen molar-refractivity contribution in [3.8, 4) is 0 Å². The zero-order valence-corrected chi connectivity index (χ0v) is 14.4. The first kappa shape index (κ1) is 18.8. The molecule has 0 amide bonds. The topological polar surface area (TPSA) is 125 Å². The summed E-state index contributed by atoms with van der Waals surface area (Å²) in [6.07, 6.45) is 0. The number of benzene rings is 2. The lowest BCUT2D eigenvalue weighted by Gasteiger charge is -2.14. The van der Waals surface area contributed by atoms with E-state index < -0.39 is 27.2 Å². The number of non-ortho nitro benzene ring substituents is 1. The molecule has 0 radical (unpaired) electrons. The summed E-state index contributed by atoms with van der Waals surface area (Å²) in [5.41, 5.74) is 0.682. The lowest BCUT2D eigenvalue weighted by Crippen LogP contribution is -2.11. The molecule has 0 aliphatic carbocycles. The Balaban J connectivity index is 2.71. The van der Waals surface area contributed by atoms with Crippen LogP contribution in [-0.2, 0) is 4.74 Å². The van der Waals surface area contributed by atoms with E-state index in [2.05, 4.69) is 5.32 Å². The smallest absolute Gasteiger partial charge is 0.340 e. The van der Waals surface area contributed by atoms with Crippen LogP contribution in [0.25, 0.3) is 0 Å². The van der Waals surface area contributed by atoms with Crippen molar-refractivity contribution in [1.29, 1.82) is 0 Å². The van der Waals surface area contributed by atoms with Crippen molar-refractivity contribution in [2.75, 3.05) is 11.9 Å². The lowest BCUT2D eigenvalue weighted by molar-refractivity contribution is -0.393. The van der Waals surface area contributed by atoms with Gasteiger partial charge in [-0.3, -0.25) is 20.2 Å². The molecule has 0 atom stereocenters. The standard InChI is InChI=1S/C17H17N3O6/c1-4-26-17(21)13-8-12(19(22)23)9-15(20(24)25)16(13)18-14-7-10(2)5-6-11(14)3/h5-9,18H,4H2,1-3H3. The van der Waals surface area contributed by atoms with Gasteiger partial charge in [-0.25, -0.2) is 4.79 Å². The third-order valence-electron chi connectivity index (χ3n) is 3.66. The van der Waals surface area contributed by atoms with E-state index in [-0.39, 0.29) is 17.9 Å². The summed E-state index contributed by atoms with van der Waals surface area (Å²) < 4.78 is 4.91. The molecule has 0 heterocycles. The van der Waals surface area contributed by atoms with E-state index in [1.807, 2.05) is 19.1 Å². The van der Waals surface area contributed by atoms with E-state index in [4.69, 9.17) is 4.74 Å². The molecule has 1 N–H and O–H groups in total. The average molecular weight is 359 g/mol. The Morgan fingerprint density at radius 2 is 1.81 bits per heavy atom. The molecule has 0 bridgehead atoms. The fourth-order valence-electron chi connectivity index (χ4n) is 2.37. The van der Waals surface area contributed by atoms with Crippen LogP contribution in [0.15, 0.2) is 30.3 Å². The number of nitrogens with one attached hydrogen (secondary N) is 1. The van der Waals surface area contributed by atoms with Crippen LogP contribution < -0.4 is 5.32 Å². The first-order valence-corrected chi connectivity index (χ1v) is 7.72. The van der Waals surface area contributed by atoms with Gasteiger partial charge >= 0.3 is 5.97 Å². The van der Waals surface area contributed by atoms with Gasteiger partial charge in [-0.15, -0.1) is 0 Å². The third kappa shape index (κ3) is 3.94. The van der Waals surface area contributed by atoms with Crippen molar-refractivity contribution in [3.05, 3.63) is 67.3 Å². The molecule has 0 saturated heterocycles. The maximum absolute atomic E-state index is 12.2. The van der Waals surface area contributed by atoms with Gasteiger partial charge < -0.3 is 10.1 Å². The molecular formula is C17H17N3O6.